The van der Waals surface area contributed by atoms with Crippen molar-refractivity contribution >= 4 is 23.1 Å². The summed E-state index contributed by atoms with van der Waals surface area (Å²) in [7, 11) is 0. The van der Waals surface area contributed by atoms with Crippen LogP contribution >= 0.6 is 23.1 Å². The molecule has 0 saturated carbocycles. The van der Waals surface area contributed by atoms with Gasteiger partial charge in [0.05, 0.1) is 23.6 Å². The molecule has 0 N–H and O–H groups in total. The maximum absolute atomic E-state index is 5.79. The van der Waals surface area contributed by atoms with Crippen molar-refractivity contribution in [3.05, 3.63) is 59.7 Å². The van der Waals surface area contributed by atoms with Gasteiger partial charge in [0, 0.05) is 17.3 Å². The summed E-state index contributed by atoms with van der Waals surface area (Å²) in [5, 5.41) is 11.7. The normalized spacial score (nSPS) is 10.9. The Morgan fingerprint density at radius 3 is 2.85 bits per heavy atom. The van der Waals surface area contributed by atoms with Gasteiger partial charge in [0.1, 0.15) is 10.8 Å². The second kappa shape index (κ2) is 8.32. The van der Waals surface area contributed by atoms with Crippen LogP contribution < -0.4 is 4.74 Å². The molecule has 136 valence electrons. The third kappa shape index (κ3) is 4.17. The van der Waals surface area contributed by atoms with Gasteiger partial charge < -0.3 is 9.15 Å². The molecule has 0 aliphatic heterocycles. The fourth-order valence-electron chi connectivity index (χ4n) is 2.42. The van der Waals surface area contributed by atoms with Crippen LogP contribution in [0.5, 0.6) is 5.75 Å². The Morgan fingerprint density at radius 1 is 1.11 bits per heavy atom. The van der Waals surface area contributed by atoms with Crippen molar-refractivity contribution in [3.63, 3.8) is 0 Å². The molecule has 0 aliphatic carbocycles. The summed E-state index contributed by atoms with van der Waals surface area (Å²) in [5.41, 5.74) is 2.64. The number of hydrogen-bond donors (Lipinski definition) is 0. The first-order chi connectivity index (χ1) is 13.3. The zero-order valence-corrected chi connectivity index (χ0v) is 16.2. The zero-order valence-electron chi connectivity index (χ0n) is 14.5. The van der Waals surface area contributed by atoms with E-state index in [0.717, 1.165) is 27.7 Å². The van der Waals surface area contributed by atoms with Crippen LogP contribution in [0.1, 0.15) is 12.6 Å². The first-order valence-electron chi connectivity index (χ1n) is 8.38. The summed E-state index contributed by atoms with van der Waals surface area (Å²) in [6.07, 6.45) is 1.77. The van der Waals surface area contributed by atoms with Crippen molar-refractivity contribution in [1.82, 2.24) is 20.2 Å². The van der Waals surface area contributed by atoms with Gasteiger partial charge in [-0.1, -0.05) is 30.0 Å². The van der Waals surface area contributed by atoms with Gasteiger partial charge in [-0.05, 0) is 31.2 Å². The molecule has 4 aromatic rings. The average Bonchev–Trinajstić information content (AvgIpc) is 3.37. The van der Waals surface area contributed by atoms with E-state index >= 15 is 0 Å². The van der Waals surface area contributed by atoms with E-state index in [-0.39, 0.29) is 0 Å². The van der Waals surface area contributed by atoms with Crippen LogP contribution in [0, 0.1) is 0 Å². The third-order valence-electron chi connectivity index (χ3n) is 3.60. The van der Waals surface area contributed by atoms with E-state index in [2.05, 4.69) is 20.2 Å². The molecule has 0 radical (unpaired) electrons. The van der Waals surface area contributed by atoms with Crippen LogP contribution in [-0.2, 0) is 5.75 Å². The SMILES string of the molecule is CCOc1ccccc1-c1nnc(SCc2csc(-c3ccccn3)n2)o1. The molecule has 0 saturated heterocycles. The minimum atomic E-state index is 0.453. The number of pyridine rings is 1. The Hall–Kier alpha value is -2.71. The number of thioether (sulfide) groups is 1. The number of hydrogen-bond acceptors (Lipinski definition) is 8. The highest BCUT2D eigenvalue weighted by atomic mass is 32.2. The largest absolute Gasteiger partial charge is 0.493 e. The standard InChI is InChI=1S/C19H16N4O2S2/c1-2-24-16-9-4-3-7-14(16)17-22-23-19(25-17)27-12-13-11-26-18(21-13)15-8-5-6-10-20-15/h3-11H,2,12H2,1H3. The number of ether oxygens (including phenoxy) is 1. The first kappa shape index (κ1) is 17.7. The van der Waals surface area contributed by atoms with Crippen LogP contribution in [0.3, 0.4) is 0 Å². The molecule has 6 nitrogen and oxygen atoms in total. The minimum Gasteiger partial charge on any atom is -0.493 e. The fourth-order valence-corrected chi connectivity index (χ4v) is 3.97. The van der Waals surface area contributed by atoms with Crippen LogP contribution in [0.4, 0.5) is 0 Å². The highest BCUT2D eigenvalue weighted by Crippen LogP contribution is 2.32. The number of nitrogens with zero attached hydrogens (tertiary/aromatic N) is 4. The predicted octanol–water partition coefficient (Wildman–Crippen LogP) is 4.95. The van der Waals surface area contributed by atoms with Crippen molar-refractivity contribution in [2.45, 2.75) is 17.9 Å². The van der Waals surface area contributed by atoms with Gasteiger partial charge in [-0.25, -0.2) is 4.98 Å². The van der Waals surface area contributed by atoms with Crippen molar-refractivity contribution in [2.75, 3.05) is 6.61 Å². The van der Waals surface area contributed by atoms with Crippen molar-refractivity contribution in [2.24, 2.45) is 0 Å². The van der Waals surface area contributed by atoms with Crippen LogP contribution in [0.2, 0.25) is 0 Å². The van der Waals surface area contributed by atoms with Gasteiger partial charge in [-0.3, -0.25) is 4.98 Å². The Morgan fingerprint density at radius 2 is 2.00 bits per heavy atom. The molecule has 1 aromatic carbocycles. The second-order valence-electron chi connectivity index (χ2n) is 5.45. The molecular formula is C19H16N4O2S2. The number of rotatable bonds is 7. The molecule has 4 rings (SSSR count). The number of thiazole rings is 1. The molecule has 8 heteroatoms. The summed E-state index contributed by atoms with van der Waals surface area (Å²) in [6.45, 7) is 2.52. The summed E-state index contributed by atoms with van der Waals surface area (Å²) in [5.74, 6) is 1.84. The van der Waals surface area contributed by atoms with Crippen LogP contribution in [0.25, 0.3) is 22.2 Å². The molecule has 0 aliphatic rings. The second-order valence-corrected chi connectivity index (χ2v) is 7.23. The number of aromatic nitrogens is 4. The van der Waals surface area contributed by atoms with E-state index in [1.807, 2.05) is 54.8 Å². The maximum atomic E-state index is 5.79. The Labute approximate surface area is 164 Å². The van der Waals surface area contributed by atoms with E-state index in [9.17, 15) is 0 Å². The number of para-hydroxylation sites is 1. The topological polar surface area (TPSA) is 73.9 Å². The Bertz CT molecular complexity index is 1020. The lowest BCUT2D eigenvalue weighted by atomic mass is 10.2. The zero-order chi connectivity index (χ0) is 18.5. The molecule has 0 unspecified atom stereocenters. The van der Waals surface area contributed by atoms with Crippen molar-refractivity contribution in [1.29, 1.82) is 0 Å². The van der Waals surface area contributed by atoms with Gasteiger partial charge in [-0.2, -0.15) is 0 Å². The maximum Gasteiger partial charge on any atom is 0.277 e. The van der Waals surface area contributed by atoms with E-state index in [0.29, 0.717) is 23.5 Å². The highest BCUT2D eigenvalue weighted by molar-refractivity contribution is 7.98. The quantitative estimate of drug-likeness (QED) is 0.409. The smallest absolute Gasteiger partial charge is 0.277 e. The van der Waals surface area contributed by atoms with Gasteiger partial charge in [0.15, 0.2) is 0 Å². The Kier molecular flexibility index (Phi) is 5.45. The van der Waals surface area contributed by atoms with E-state index in [1.165, 1.54) is 11.8 Å². The molecule has 0 atom stereocenters. The molecule has 0 bridgehead atoms. The van der Waals surface area contributed by atoms with Gasteiger partial charge in [0.2, 0.25) is 0 Å². The lowest BCUT2D eigenvalue weighted by molar-refractivity contribution is 0.340. The lowest BCUT2D eigenvalue weighted by Gasteiger charge is -2.05. The molecular weight excluding hydrogens is 380 g/mol. The predicted molar refractivity (Wildman–Crippen MR) is 106 cm³/mol. The van der Waals surface area contributed by atoms with Gasteiger partial charge in [0.25, 0.3) is 11.1 Å². The average molecular weight is 396 g/mol. The van der Waals surface area contributed by atoms with Crippen molar-refractivity contribution in [3.8, 4) is 27.9 Å². The number of benzene rings is 1. The van der Waals surface area contributed by atoms with Gasteiger partial charge >= 0.3 is 0 Å². The monoisotopic (exact) mass is 396 g/mol. The van der Waals surface area contributed by atoms with Crippen molar-refractivity contribution < 1.29 is 9.15 Å². The Balaban J connectivity index is 1.44. The van der Waals surface area contributed by atoms with Crippen LogP contribution in [0.15, 0.2) is 63.7 Å². The molecule has 3 heterocycles. The first-order valence-corrected chi connectivity index (χ1v) is 10.2. The third-order valence-corrected chi connectivity index (χ3v) is 5.37. The van der Waals surface area contributed by atoms with Crippen LogP contribution in [-0.4, -0.2) is 26.8 Å². The molecule has 3 aromatic heterocycles. The molecule has 0 amide bonds. The lowest BCUT2D eigenvalue weighted by Crippen LogP contribution is -1.93. The van der Waals surface area contributed by atoms with Gasteiger partial charge in [-0.15, -0.1) is 21.5 Å². The summed E-state index contributed by atoms with van der Waals surface area (Å²) in [6, 6.07) is 13.4. The highest BCUT2D eigenvalue weighted by Gasteiger charge is 2.14. The molecule has 0 spiro atoms. The summed E-state index contributed by atoms with van der Waals surface area (Å²) < 4.78 is 11.4. The molecule has 0 fully saturated rings. The summed E-state index contributed by atoms with van der Waals surface area (Å²) >= 11 is 3.04. The van der Waals surface area contributed by atoms with E-state index in [4.69, 9.17) is 9.15 Å². The summed E-state index contributed by atoms with van der Waals surface area (Å²) in [4.78, 5) is 8.95. The van der Waals surface area contributed by atoms with E-state index < -0.39 is 0 Å². The fraction of sp³-hybridized carbons (Fsp3) is 0.158. The minimum absolute atomic E-state index is 0.453. The van der Waals surface area contributed by atoms with E-state index in [1.54, 1.807) is 17.5 Å². The molecule has 27 heavy (non-hydrogen) atoms.